The van der Waals surface area contributed by atoms with Gasteiger partial charge in [-0.25, -0.2) is 18.7 Å². The van der Waals surface area contributed by atoms with E-state index >= 15 is 0 Å². The summed E-state index contributed by atoms with van der Waals surface area (Å²) >= 11 is 0. The molecule has 2 aromatic heterocycles. The van der Waals surface area contributed by atoms with Crippen LogP contribution in [-0.2, 0) is 4.79 Å². The molecule has 0 spiro atoms. The molecule has 0 amide bonds. The smallest absolute Gasteiger partial charge is 0.308 e. The average Bonchev–Trinajstić information content (AvgIpc) is 3.33. The fourth-order valence-corrected chi connectivity index (χ4v) is 5.35. The molecule has 0 radical (unpaired) electrons. The molecule has 2 aromatic carbocycles. The number of carbonyl (C=O) groups is 1. The number of aliphatic carboxylic acids is 1. The highest BCUT2D eigenvalue weighted by Gasteiger charge is 2.31. The SMILES string of the molecule is COc1ccccc1-c1cc(NC[C@@H](C(=O)O)C2CCC(C)CC2)nc(-c2c[nH]c3c(F)cc(F)cc23)n1. The molecule has 198 valence electrons. The second-order valence-electron chi connectivity index (χ2n) is 10.0. The number of aromatic amines is 1. The zero-order valence-corrected chi connectivity index (χ0v) is 21.3. The van der Waals surface area contributed by atoms with Crippen molar-refractivity contribution in [3.05, 3.63) is 60.3 Å². The van der Waals surface area contributed by atoms with Gasteiger partial charge in [0.15, 0.2) is 5.82 Å². The van der Waals surface area contributed by atoms with Gasteiger partial charge in [-0.15, -0.1) is 0 Å². The maximum Gasteiger partial charge on any atom is 0.308 e. The van der Waals surface area contributed by atoms with E-state index in [1.165, 1.54) is 6.07 Å². The number of H-pyrrole nitrogens is 1. The summed E-state index contributed by atoms with van der Waals surface area (Å²) in [5, 5.41) is 13.5. The van der Waals surface area contributed by atoms with Crippen LogP contribution in [0.1, 0.15) is 32.6 Å². The Bertz CT molecular complexity index is 1460. The van der Waals surface area contributed by atoms with Gasteiger partial charge in [-0.2, -0.15) is 0 Å². The monoisotopic (exact) mass is 520 g/mol. The van der Waals surface area contributed by atoms with Crippen molar-refractivity contribution in [2.75, 3.05) is 19.0 Å². The van der Waals surface area contributed by atoms with E-state index in [-0.39, 0.29) is 23.8 Å². The van der Waals surface area contributed by atoms with E-state index in [4.69, 9.17) is 9.72 Å². The van der Waals surface area contributed by atoms with Gasteiger partial charge in [0.1, 0.15) is 23.2 Å². The first-order valence-electron chi connectivity index (χ1n) is 12.8. The van der Waals surface area contributed by atoms with E-state index in [0.29, 0.717) is 39.7 Å². The highest BCUT2D eigenvalue weighted by molar-refractivity contribution is 5.94. The highest BCUT2D eigenvalue weighted by Crippen LogP contribution is 2.36. The van der Waals surface area contributed by atoms with Crippen molar-refractivity contribution in [3.8, 4) is 28.4 Å². The molecule has 1 saturated carbocycles. The van der Waals surface area contributed by atoms with E-state index in [1.54, 1.807) is 19.4 Å². The van der Waals surface area contributed by atoms with Crippen molar-refractivity contribution in [3.63, 3.8) is 0 Å². The lowest BCUT2D eigenvalue weighted by molar-refractivity contribution is -0.143. The number of fused-ring (bicyclic) bond motifs is 1. The van der Waals surface area contributed by atoms with Gasteiger partial charge in [0.05, 0.1) is 24.2 Å². The fourth-order valence-electron chi connectivity index (χ4n) is 5.35. The minimum atomic E-state index is -0.834. The Morgan fingerprint density at radius 2 is 1.89 bits per heavy atom. The standard InChI is InChI=1S/C29H30F2N4O3/c1-16-7-9-17(10-8-16)21(29(36)37)14-32-26-13-24(19-5-3-4-6-25(19)38-2)34-28(35-26)22-15-33-27-20(22)11-18(30)12-23(27)31/h3-6,11-13,15-17,21,33H,7-10,14H2,1-2H3,(H,36,37)(H,32,34,35)/t16?,17?,21-/m1/s1. The molecule has 4 aromatic rings. The van der Waals surface area contributed by atoms with Gasteiger partial charge in [-0.1, -0.05) is 31.9 Å². The number of nitrogens with zero attached hydrogens (tertiary/aromatic N) is 2. The lowest BCUT2D eigenvalue weighted by atomic mass is 9.76. The molecule has 1 aliphatic carbocycles. The Morgan fingerprint density at radius 3 is 2.63 bits per heavy atom. The van der Waals surface area contributed by atoms with Gasteiger partial charge < -0.3 is 20.1 Å². The molecule has 9 heteroatoms. The first-order valence-corrected chi connectivity index (χ1v) is 12.8. The van der Waals surface area contributed by atoms with Crippen LogP contribution in [0.4, 0.5) is 14.6 Å². The van der Waals surface area contributed by atoms with Crippen LogP contribution >= 0.6 is 0 Å². The van der Waals surface area contributed by atoms with E-state index in [0.717, 1.165) is 31.7 Å². The summed E-state index contributed by atoms with van der Waals surface area (Å²) in [6.07, 6.45) is 5.36. The van der Waals surface area contributed by atoms with Crippen LogP contribution in [0, 0.1) is 29.4 Å². The summed E-state index contributed by atoms with van der Waals surface area (Å²) in [5.74, 6) is -0.858. The van der Waals surface area contributed by atoms with Gasteiger partial charge in [-0.05, 0) is 42.9 Å². The van der Waals surface area contributed by atoms with Gasteiger partial charge in [0.25, 0.3) is 0 Å². The minimum Gasteiger partial charge on any atom is -0.496 e. The lowest BCUT2D eigenvalue weighted by Crippen LogP contribution is -2.32. The van der Waals surface area contributed by atoms with Crippen molar-refractivity contribution < 1.29 is 23.4 Å². The Labute approximate surface area is 219 Å². The predicted molar refractivity (Wildman–Crippen MR) is 142 cm³/mol. The molecule has 5 rings (SSSR count). The number of carboxylic acids is 1. The maximum absolute atomic E-state index is 14.4. The van der Waals surface area contributed by atoms with Crippen molar-refractivity contribution >= 4 is 22.7 Å². The first-order chi connectivity index (χ1) is 18.3. The normalized spacial score (nSPS) is 18.3. The summed E-state index contributed by atoms with van der Waals surface area (Å²) in [4.78, 5) is 24.4. The van der Waals surface area contributed by atoms with Gasteiger partial charge >= 0.3 is 5.97 Å². The molecule has 1 fully saturated rings. The molecule has 0 aliphatic heterocycles. The van der Waals surface area contributed by atoms with Crippen molar-refractivity contribution in [1.29, 1.82) is 0 Å². The van der Waals surface area contributed by atoms with Gasteiger partial charge in [0, 0.05) is 41.4 Å². The van der Waals surface area contributed by atoms with Crippen molar-refractivity contribution in [1.82, 2.24) is 15.0 Å². The molecule has 0 saturated heterocycles. The molecule has 2 heterocycles. The van der Waals surface area contributed by atoms with Crippen LogP contribution < -0.4 is 10.1 Å². The molecule has 0 bridgehead atoms. The third-order valence-corrected chi connectivity index (χ3v) is 7.51. The number of carboxylic acid groups (broad SMARTS) is 1. The first kappa shape index (κ1) is 25.6. The Kier molecular flexibility index (Phi) is 7.26. The minimum absolute atomic E-state index is 0.0887. The van der Waals surface area contributed by atoms with E-state index < -0.39 is 23.5 Å². The van der Waals surface area contributed by atoms with Crippen LogP contribution in [0.5, 0.6) is 5.75 Å². The predicted octanol–water partition coefficient (Wildman–Crippen LogP) is 6.52. The van der Waals surface area contributed by atoms with E-state index in [2.05, 4.69) is 22.2 Å². The van der Waals surface area contributed by atoms with E-state index in [1.807, 2.05) is 24.3 Å². The topological polar surface area (TPSA) is 100 Å². The number of hydrogen-bond acceptors (Lipinski definition) is 5. The van der Waals surface area contributed by atoms with Crippen LogP contribution in [-0.4, -0.2) is 39.7 Å². The second-order valence-corrected chi connectivity index (χ2v) is 10.0. The van der Waals surface area contributed by atoms with Crippen LogP contribution in [0.2, 0.25) is 0 Å². The Morgan fingerprint density at radius 1 is 1.13 bits per heavy atom. The summed E-state index contributed by atoms with van der Waals surface area (Å²) in [6, 6.07) is 11.2. The molecule has 3 N–H and O–H groups in total. The third kappa shape index (κ3) is 5.18. The van der Waals surface area contributed by atoms with Gasteiger partial charge in [-0.3, -0.25) is 4.79 Å². The molecule has 1 atom stereocenters. The number of rotatable bonds is 8. The molecular formula is C29H30F2N4O3. The van der Waals surface area contributed by atoms with E-state index in [9.17, 15) is 18.7 Å². The number of para-hydroxylation sites is 1. The quantitative estimate of drug-likeness (QED) is 0.245. The summed E-state index contributed by atoms with van der Waals surface area (Å²) in [7, 11) is 1.56. The zero-order valence-electron chi connectivity index (χ0n) is 21.3. The van der Waals surface area contributed by atoms with Crippen molar-refractivity contribution in [2.45, 2.75) is 32.6 Å². The highest BCUT2D eigenvalue weighted by atomic mass is 19.1. The van der Waals surface area contributed by atoms with Crippen molar-refractivity contribution in [2.24, 2.45) is 17.8 Å². The summed E-state index contributed by atoms with van der Waals surface area (Å²) in [6.45, 7) is 2.40. The van der Waals surface area contributed by atoms with Gasteiger partial charge in [0.2, 0.25) is 0 Å². The summed E-state index contributed by atoms with van der Waals surface area (Å²) in [5.41, 5.74) is 1.81. The van der Waals surface area contributed by atoms with Crippen LogP contribution in [0.25, 0.3) is 33.5 Å². The summed E-state index contributed by atoms with van der Waals surface area (Å²) < 4.78 is 34.0. The molecule has 38 heavy (non-hydrogen) atoms. The van der Waals surface area contributed by atoms with Crippen LogP contribution in [0.15, 0.2) is 48.7 Å². The number of hydrogen-bond donors (Lipinski definition) is 3. The Balaban J connectivity index is 1.55. The fraction of sp³-hybridized carbons (Fsp3) is 0.345. The molecule has 0 unspecified atom stereocenters. The Hall–Kier alpha value is -4.01. The number of benzene rings is 2. The molecular weight excluding hydrogens is 490 g/mol. The second kappa shape index (κ2) is 10.8. The lowest BCUT2D eigenvalue weighted by Gasteiger charge is -2.30. The maximum atomic E-state index is 14.4. The number of halogens is 2. The van der Waals surface area contributed by atoms with Crippen LogP contribution in [0.3, 0.4) is 0 Å². The largest absolute Gasteiger partial charge is 0.496 e. The zero-order chi connectivity index (χ0) is 26.8. The third-order valence-electron chi connectivity index (χ3n) is 7.51. The molecule has 1 aliphatic rings. The number of ether oxygens (including phenoxy) is 1. The average molecular weight is 521 g/mol. The number of aromatic nitrogens is 3. The number of methoxy groups -OCH3 is 1. The number of nitrogens with one attached hydrogen (secondary N) is 2. The molecule has 7 nitrogen and oxygen atoms in total. The number of anilines is 1.